The van der Waals surface area contributed by atoms with Crippen molar-refractivity contribution in [3.8, 4) is 0 Å². The van der Waals surface area contributed by atoms with Gasteiger partial charge in [0.05, 0.1) is 13.2 Å². The lowest BCUT2D eigenvalue weighted by atomic mass is 9.82. The SMILES string of the molecule is CC(C)(CO)c1ccccc1CCON. The average Bonchev–Trinajstić information content (AvgIpc) is 2.26. The van der Waals surface area contributed by atoms with Crippen LogP contribution in [0.3, 0.4) is 0 Å². The Hall–Kier alpha value is -0.900. The highest BCUT2D eigenvalue weighted by molar-refractivity contribution is 5.33. The maximum Gasteiger partial charge on any atom is 0.0719 e. The van der Waals surface area contributed by atoms with Crippen LogP contribution in [0, 0.1) is 0 Å². The van der Waals surface area contributed by atoms with Crippen LogP contribution in [0.5, 0.6) is 0 Å². The summed E-state index contributed by atoms with van der Waals surface area (Å²) in [6.07, 6.45) is 0.774. The van der Waals surface area contributed by atoms with Crippen LogP contribution in [0.25, 0.3) is 0 Å². The van der Waals surface area contributed by atoms with Crippen LogP contribution in [-0.4, -0.2) is 18.3 Å². The lowest BCUT2D eigenvalue weighted by Gasteiger charge is -2.25. The van der Waals surface area contributed by atoms with Crippen molar-refractivity contribution < 1.29 is 9.94 Å². The molecule has 1 aromatic rings. The number of benzene rings is 1. The van der Waals surface area contributed by atoms with Crippen molar-refractivity contribution in [2.24, 2.45) is 5.90 Å². The first-order valence-electron chi connectivity index (χ1n) is 5.13. The molecule has 1 aromatic carbocycles. The van der Waals surface area contributed by atoms with Crippen LogP contribution in [0.4, 0.5) is 0 Å². The Morgan fingerprint density at radius 3 is 2.60 bits per heavy atom. The predicted octanol–water partition coefficient (Wildman–Crippen LogP) is 1.39. The lowest BCUT2D eigenvalue weighted by molar-refractivity contribution is 0.140. The van der Waals surface area contributed by atoms with E-state index in [9.17, 15) is 5.11 Å². The first kappa shape index (κ1) is 12.2. The number of rotatable bonds is 5. The minimum atomic E-state index is -0.217. The van der Waals surface area contributed by atoms with E-state index in [0.717, 1.165) is 12.0 Å². The summed E-state index contributed by atoms with van der Waals surface area (Å²) in [5, 5.41) is 9.34. The van der Waals surface area contributed by atoms with Gasteiger partial charge >= 0.3 is 0 Å². The molecule has 84 valence electrons. The van der Waals surface area contributed by atoms with E-state index in [1.54, 1.807) is 0 Å². The van der Waals surface area contributed by atoms with Gasteiger partial charge in [-0.05, 0) is 17.5 Å². The zero-order valence-electron chi connectivity index (χ0n) is 9.36. The molecule has 1 rings (SSSR count). The van der Waals surface area contributed by atoms with Gasteiger partial charge in [-0.1, -0.05) is 38.1 Å². The van der Waals surface area contributed by atoms with Crippen LogP contribution in [0.15, 0.2) is 24.3 Å². The van der Waals surface area contributed by atoms with E-state index in [-0.39, 0.29) is 12.0 Å². The van der Waals surface area contributed by atoms with Gasteiger partial charge in [-0.25, -0.2) is 5.90 Å². The molecule has 0 radical (unpaired) electrons. The molecule has 0 aliphatic rings. The summed E-state index contributed by atoms with van der Waals surface area (Å²) in [5.41, 5.74) is 2.12. The summed E-state index contributed by atoms with van der Waals surface area (Å²) in [5.74, 6) is 5.02. The van der Waals surface area contributed by atoms with Crippen molar-refractivity contribution in [3.63, 3.8) is 0 Å². The molecular formula is C12H19NO2. The molecule has 0 bridgehead atoms. The summed E-state index contributed by atoms with van der Waals surface area (Å²) in [6.45, 7) is 4.68. The number of aliphatic hydroxyl groups excluding tert-OH is 1. The van der Waals surface area contributed by atoms with Crippen LogP contribution >= 0.6 is 0 Å². The van der Waals surface area contributed by atoms with Gasteiger partial charge in [0.2, 0.25) is 0 Å². The van der Waals surface area contributed by atoms with E-state index in [1.807, 2.05) is 38.1 Å². The van der Waals surface area contributed by atoms with E-state index in [1.165, 1.54) is 5.56 Å². The Morgan fingerprint density at radius 1 is 1.33 bits per heavy atom. The highest BCUT2D eigenvalue weighted by Gasteiger charge is 2.21. The largest absolute Gasteiger partial charge is 0.395 e. The van der Waals surface area contributed by atoms with Gasteiger partial charge in [-0.15, -0.1) is 0 Å². The van der Waals surface area contributed by atoms with Gasteiger partial charge in [0, 0.05) is 5.41 Å². The zero-order chi connectivity index (χ0) is 11.3. The molecule has 0 spiro atoms. The Bertz CT molecular complexity index is 310. The summed E-state index contributed by atoms with van der Waals surface area (Å²) >= 11 is 0. The Morgan fingerprint density at radius 2 is 2.00 bits per heavy atom. The third kappa shape index (κ3) is 3.02. The molecule has 0 unspecified atom stereocenters. The molecule has 3 heteroatoms. The van der Waals surface area contributed by atoms with Crippen LogP contribution < -0.4 is 5.90 Å². The van der Waals surface area contributed by atoms with Crippen LogP contribution in [-0.2, 0) is 16.7 Å². The Labute approximate surface area is 90.8 Å². The molecule has 0 fully saturated rings. The first-order chi connectivity index (χ1) is 7.11. The molecule has 0 heterocycles. The molecule has 0 atom stereocenters. The smallest absolute Gasteiger partial charge is 0.0719 e. The van der Waals surface area contributed by atoms with Crippen molar-refractivity contribution in [2.75, 3.05) is 13.2 Å². The van der Waals surface area contributed by atoms with Crippen molar-refractivity contribution >= 4 is 0 Å². The molecule has 0 saturated heterocycles. The van der Waals surface area contributed by atoms with Gasteiger partial charge in [0.25, 0.3) is 0 Å². The van der Waals surface area contributed by atoms with Gasteiger partial charge in [-0.2, -0.15) is 0 Å². The van der Waals surface area contributed by atoms with Gasteiger partial charge in [0.15, 0.2) is 0 Å². The fourth-order valence-electron chi connectivity index (χ4n) is 1.65. The van der Waals surface area contributed by atoms with Crippen molar-refractivity contribution in [3.05, 3.63) is 35.4 Å². The third-order valence-corrected chi connectivity index (χ3v) is 2.63. The maximum atomic E-state index is 9.34. The second-order valence-corrected chi connectivity index (χ2v) is 4.32. The molecule has 0 aliphatic heterocycles. The zero-order valence-corrected chi connectivity index (χ0v) is 9.36. The first-order valence-corrected chi connectivity index (χ1v) is 5.13. The molecule has 0 aliphatic carbocycles. The van der Waals surface area contributed by atoms with E-state index in [2.05, 4.69) is 4.84 Å². The van der Waals surface area contributed by atoms with E-state index >= 15 is 0 Å². The summed E-state index contributed by atoms with van der Waals surface area (Å²) < 4.78 is 0. The van der Waals surface area contributed by atoms with Gasteiger partial charge in [0.1, 0.15) is 0 Å². The second-order valence-electron chi connectivity index (χ2n) is 4.32. The normalized spacial score (nSPS) is 11.7. The van der Waals surface area contributed by atoms with E-state index < -0.39 is 0 Å². The second kappa shape index (κ2) is 5.26. The number of nitrogens with two attached hydrogens (primary N) is 1. The molecule has 3 N–H and O–H groups in total. The summed E-state index contributed by atoms with van der Waals surface area (Å²) in [7, 11) is 0. The molecule has 15 heavy (non-hydrogen) atoms. The Kier molecular flexibility index (Phi) is 4.27. The minimum Gasteiger partial charge on any atom is -0.395 e. The standard InChI is InChI=1S/C12H19NO2/c1-12(2,9-14)11-6-4-3-5-10(11)7-8-15-13/h3-6,14H,7-9,13H2,1-2H3. The number of aliphatic hydroxyl groups is 1. The monoisotopic (exact) mass is 209 g/mol. The van der Waals surface area contributed by atoms with E-state index in [4.69, 9.17) is 5.90 Å². The molecule has 3 nitrogen and oxygen atoms in total. The van der Waals surface area contributed by atoms with Crippen molar-refractivity contribution in [1.82, 2.24) is 0 Å². The number of hydrogen-bond donors (Lipinski definition) is 2. The minimum absolute atomic E-state index is 0.132. The topological polar surface area (TPSA) is 55.5 Å². The van der Waals surface area contributed by atoms with Gasteiger partial charge in [-0.3, -0.25) is 0 Å². The highest BCUT2D eigenvalue weighted by atomic mass is 16.6. The summed E-state index contributed by atoms with van der Waals surface area (Å²) in [4.78, 5) is 4.58. The van der Waals surface area contributed by atoms with Crippen molar-refractivity contribution in [2.45, 2.75) is 25.7 Å². The maximum absolute atomic E-state index is 9.34. The molecule has 0 aromatic heterocycles. The van der Waals surface area contributed by atoms with Crippen LogP contribution in [0.2, 0.25) is 0 Å². The third-order valence-electron chi connectivity index (χ3n) is 2.63. The van der Waals surface area contributed by atoms with Gasteiger partial charge < -0.3 is 9.94 Å². The fraction of sp³-hybridized carbons (Fsp3) is 0.500. The lowest BCUT2D eigenvalue weighted by Crippen LogP contribution is -2.24. The average molecular weight is 209 g/mol. The predicted molar refractivity (Wildman–Crippen MR) is 60.4 cm³/mol. The number of hydrogen-bond acceptors (Lipinski definition) is 3. The Balaban J connectivity index is 2.95. The molecular weight excluding hydrogens is 190 g/mol. The van der Waals surface area contributed by atoms with Crippen molar-refractivity contribution in [1.29, 1.82) is 0 Å². The quantitative estimate of drug-likeness (QED) is 0.720. The fourth-order valence-corrected chi connectivity index (χ4v) is 1.65. The van der Waals surface area contributed by atoms with E-state index in [0.29, 0.717) is 6.61 Å². The summed E-state index contributed by atoms with van der Waals surface area (Å²) in [6, 6.07) is 8.07. The molecule has 0 saturated carbocycles. The molecule has 0 amide bonds. The van der Waals surface area contributed by atoms with Crippen LogP contribution in [0.1, 0.15) is 25.0 Å². The highest BCUT2D eigenvalue weighted by Crippen LogP contribution is 2.26.